The average Bonchev–Trinajstić information content (AvgIpc) is 2.78. The van der Waals surface area contributed by atoms with Crippen molar-refractivity contribution in [3.8, 4) is 0 Å². The molecule has 1 heterocycles. The number of nitrogens with zero attached hydrogens (tertiary/aromatic N) is 2. The summed E-state index contributed by atoms with van der Waals surface area (Å²) in [5.74, 6) is -0.274. The molecule has 0 saturated heterocycles. The summed E-state index contributed by atoms with van der Waals surface area (Å²) >= 11 is 1.43. The van der Waals surface area contributed by atoms with Gasteiger partial charge < -0.3 is 10.6 Å². The van der Waals surface area contributed by atoms with Crippen molar-refractivity contribution in [2.75, 3.05) is 25.5 Å². The summed E-state index contributed by atoms with van der Waals surface area (Å²) in [7, 11) is 1.73. The Morgan fingerprint density at radius 3 is 2.59 bits per heavy atom. The Morgan fingerprint density at radius 2 is 1.91 bits per heavy atom. The van der Waals surface area contributed by atoms with Crippen LogP contribution in [-0.2, 0) is 9.59 Å². The number of hydrogen-bond acceptors (Lipinski definition) is 5. The number of hydrogen-bond donors (Lipinski definition) is 2. The van der Waals surface area contributed by atoms with Crippen molar-refractivity contribution in [1.29, 1.82) is 0 Å². The highest BCUT2D eigenvalue weighted by Crippen LogP contribution is 2.25. The quantitative estimate of drug-likeness (QED) is 0.849. The minimum Gasteiger partial charge on any atom is -0.353 e. The average molecular weight is 320 g/mol. The van der Waals surface area contributed by atoms with Gasteiger partial charge in [-0.05, 0) is 33.0 Å². The van der Waals surface area contributed by atoms with Gasteiger partial charge in [-0.1, -0.05) is 23.5 Å². The molecule has 1 aromatic heterocycles. The molecule has 0 radical (unpaired) electrons. The number of carbonyl (C=O) groups excluding carboxylic acids is 2. The van der Waals surface area contributed by atoms with Crippen molar-refractivity contribution in [3.63, 3.8) is 0 Å². The molecule has 0 aliphatic carbocycles. The Balaban J connectivity index is 1.85. The van der Waals surface area contributed by atoms with Crippen LogP contribution >= 0.6 is 11.3 Å². The summed E-state index contributed by atoms with van der Waals surface area (Å²) in [6.07, 6.45) is 0. The van der Waals surface area contributed by atoms with E-state index >= 15 is 0 Å². The first-order chi connectivity index (χ1) is 10.4. The maximum Gasteiger partial charge on any atom is 0.240 e. The van der Waals surface area contributed by atoms with E-state index in [1.807, 2.05) is 38.1 Å². The minimum atomic E-state index is -0.182. The molecule has 7 heteroatoms. The molecule has 2 rings (SSSR count). The van der Waals surface area contributed by atoms with Gasteiger partial charge in [0.05, 0.1) is 23.3 Å². The van der Waals surface area contributed by atoms with Gasteiger partial charge in [-0.3, -0.25) is 14.5 Å². The van der Waals surface area contributed by atoms with E-state index in [0.29, 0.717) is 5.13 Å². The van der Waals surface area contributed by atoms with Gasteiger partial charge in [-0.15, -0.1) is 0 Å². The molecule has 0 atom stereocenters. The predicted molar refractivity (Wildman–Crippen MR) is 89.0 cm³/mol. The topological polar surface area (TPSA) is 74.3 Å². The van der Waals surface area contributed by atoms with Gasteiger partial charge in [0.25, 0.3) is 0 Å². The predicted octanol–water partition coefficient (Wildman–Crippen LogP) is 1.69. The van der Waals surface area contributed by atoms with E-state index in [-0.39, 0.29) is 30.9 Å². The van der Waals surface area contributed by atoms with Crippen LogP contribution in [0.4, 0.5) is 5.13 Å². The maximum atomic E-state index is 12.0. The van der Waals surface area contributed by atoms with Gasteiger partial charge in [-0.25, -0.2) is 4.98 Å². The first-order valence-electron chi connectivity index (χ1n) is 7.07. The van der Waals surface area contributed by atoms with Crippen LogP contribution in [0.2, 0.25) is 0 Å². The second kappa shape index (κ2) is 7.33. The van der Waals surface area contributed by atoms with E-state index in [1.54, 1.807) is 11.9 Å². The molecule has 6 nitrogen and oxygen atoms in total. The van der Waals surface area contributed by atoms with Crippen LogP contribution < -0.4 is 10.6 Å². The Morgan fingerprint density at radius 1 is 1.23 bits per heavy atom. The molecule has 0 unspecified atom stereocenters. The van der Waals surface area contributed by atoms with Crippen LogP contribution in [0.15, 0.2) is 24.3 Å². The number of rotatable bonds is 6. The Hall–Kier alpha value is -1.99. The molecule has 118 valence electrons. The number of anilines is 1. The van der Waals surface area contributed by atoms with Crippen molar-refractivity contribution in [2.45, 2.75) is 19.9 Å². The van der Waals surface area contributed by atoms with E-state index in [2.05, 4.69) is 15.6 Å². The molecule has 22 heavy (non-hydrogen) atoms. The Bertz CT molecular complexity index is 635. The van der Waals surface area contributed by atoms with Crippen molar-refractivity contribution in [2.24, 2.45) is 0 Å². The SMILES string of the molecule is CC(C)NC(=O)CN(C)CC(=O)Nc1nc2ccccc2s1. The summed E-state index contributed by atoms with van der Waals surface area (Å²) in [6.45, 7) is 4.13. The summed E-state index contributed by atoms with van der Waals surface area (Å²) in [4.78, 5) is 29.6. The fourth-order valence-corrected chi connectivity index (χ4v) is 2.88. The summed E-state index contributed by atoms with van der Waals surface area (Å²) < 4.78 is 1.03. The van der Waals surface area contributed by atoms with Crippen LogP contribution in [0, 0.1) is 0 Å². The number of likely N-dealkylation sites (N-methyl/N-ethyl adjacent to an activating group) is 1. The maximum absolute atomic E-state index is 12.0. The number of nitrogens with one attached hydrogen (secondary N) is 2. The third-order valence-corrected chi connectivity index (χ3v) is 3.77. The molecule has 1 aromatic carbocycles. The normalized spacial score (nSPS) is 11.1. The highest BCUT2D eigenvalue weighted by atomic mass is 32.1. The smallest absolute Gasteiger partial charge is 0.240 e. The zero-order valence-electron chi connectivity index (χ0n) is 12.9. The third kappa shape index (κ3) is 4.78. The molecule has 0 fully saturated rings. The molecule has 0 aliphatic heterocycles. The lowest BCUT2D eigenvalue weighted by molar-refractivity contribution is -0.123. The van der Waals surface area contributed by atoms with Crippen LogP contribution in [0.1, 0.15) is 13.8 Å². The van der Waals surface area contributed by atoms with Gasteiger partial charge in [-0.2, -0.15) is 0 Å². The molecular weight excluding hydrogens is 300 g/mol. The standard InChI is InChI=1S/C15H20N4O2S/c1-10(2)16-13(20)8-19(3)9-14(21)18-15-17-11-6-4-5-7-12(11)22-15/h4-7,10H,8-9H2,1-3H3,(H,16,20)(H,17,18,21). The van der Waals surface area contributed by atoms with Gasteiger partial charge in [0, 0.05) is 6.04 Å². The third-order valence-electron chi connectivity index (χ3n) is 2.82. The first kappa shape index (κ1) is 16.4. The first-order valence-corrected chi connectivity index (χ1v) is 7.89. The molecule has 0 saturated carbocycles. The summed E-state index contributed by atoms with van der Waals surface area (Å²) in [5, 5.41) is 6.14. The summed E-state index contributed by atoms with van der Waals surface area (Å²) in [6, 6.07) is 7.81. The van der Waals surface area contributed by atoms with Crippen LogP contribution in [0.5, 0.6) is 0 Å². The molecule has 2 aromatic rings. The second-order valence-corrected chi connectivity index (χ2v) is 6.46. The van der Waals surface area contributed by atoms with E-state index < -0.39 is 0 Å². The van der Waals surface area contributed by atoms with Gasteiger partial charge >= 0.3 is 0 Å². The molecule has 0 bridgehead atoms. The number of para-hydroxylation sites is 1. The van der Waals surface area contributed by atoms with Crippen LogP contribution in [0.25, 0.3) is 10.2 Å². The monoisotopic (exact) mass is 320 g/mol. The lowest BCUT2D eigenvalue weighted by Gasteiger charge is -2.16. The largest absolute Gasteiger partial charge is 0.353 e. The Labute approximate surface area is 133 Å². The van der Waals surface area contributed by atoms with Crippen LogP contribution in [0.3, 0.4) is 0 Å². The van der Waals surface area contributed by atoms with E-state index in [4.69, 9.17) is 0 Å². The van der Waals surface area contributed by atoms with E-state index in [9.17, 15) is 9.59 Å². The van der Waals surface area contributed by atoms with Gasteiger partial charge in [0.2, 0.25) is 11.8 Å². The highest BCUT2D eigenvalue weighted by molar-refractivity contribution is 7.22. The molecule has 0 spiro atoms. The second-order valence-electron chi connectivity index (χ2n) is 5.43. The minimum absolute atomic E-state index is 0.0923. The molecular formula is C15H20N4O2S. The number of amides is 2. The number of benzene rings is 1. The highest BCUT2D eigenvalue weighted by Gasteiger charge is 2.13. The number of fused-ring (bicyclic) bond motifs is 1. The van der Waals surface area contributed by atoms with Crippen molar-refractivity contribution < 1.29 is 9.59 Å². The van der Waals surface area contributed by atoms with Crippen molar-refractivity contribution >= 4 is 38.5 Å². The Kier molecular flexibility index (Phi) is 5.46. The molecule has 2 N–H and O–H groups in total. The zero-order chi connectivity index (χ0) is 16.1. The summed E-state index contributed by atoms with van der Waals surface area (Å²) in [5.41, 5.74) is 0.868. The van der Waals surface area contributed by atoms with Crippen molar-refractivity contribution in [3.05, 3.63) is 24.3 Å². The lowest BCUT2D eigenvalue weighted by Crippen LogP contribution is -2.41. The van der Waals surface area contributed by atoms with E-state index in [1.165, 1.54) is 11.3 Å². The van der Waals surface area contributed by atoms with Crippen LogP contribution in [-0.4, -0.2) is 47.9 Å². The number of carbonyl (C=O) groups is 2. The van der Waals surface area contributed by atoms with Crippen molar-refractivity contribution in [1.82, 2.24) is 15.2 Å². The fourth-order valence-electron chi connectivity index (χ4n) is 2.00. The van der Waals surface area contributed by atoms with Gasteiger partial charge in [0.1, 0.15) is 0 Å². The fraction of sp³-hybridized carbons (Fsp3) is 0.400. The van der Waals surface area contributed by atoms with E-state index in [0.717, 1.165) is 10.2 Å². The van der Waals surface area contributed by atoms with Gasteiger partial charge in [0.15, 0.2) is 5.13 Å². The lowest BCUT2D eigenvalue weighted by atomic mass is 10.3. The number of aromatic nitrogens is 1. The molecule has 2 amide bonds. The molecule has 0 aliphatic rings. The zero-order valence-corrected chi connectivity index (χ0v) is 13.7. The number of thiazole rings is 1.